The lowest BCUT2D eigenvalue weighted by molar-refractivity contribution is 0.0931. The Kier molecular flexibility index (Phi) is 4.58. The third-order valence-electron chi connectivity index (χ3n) is 3.75. The molecule has 116 valence electrons. The van der Waals surface area contributed by atoms with E-state index in [0.29, 0.717) is 9.88 Å². The molecular formula is C16H18N2O3S. The number of anilines is 1. The van der Waals surface area contributed by atoms with Gasteiger partial charge in [0.15, 0.2) is 5.76 Å². The van der Waals surface area contributed by atoms with E-state index in [1.807, 2.05) is 0 Å². The zero-order chi connectivity index (χ0) is 15.4. The van der Waals surface area contributed by atoms with E-state index < -0.39 is 0 Å². The first-order valence-corrected chi connectivity index (χ1v) is 8.29. The summed E-state index contributed by atoms with van der Waals surface area (Å²) in [6.07, 6.45) is 7.18. The minimum absolute atomic E-state index is 0.0598. The molecule has 1 aliphatic rings. The molecule has 0 aromatic carbocycles. The van der Waals surface area contributed by atoms with Crippen LogP contribution in [-0.4, -0.2) is 17.9 Å². The zero-order valence-electron chi connectivity index (χ0n) is 12.1. The molecule has 6 heteroatoms. The van der Waals surface area contributed by atoms with Gasteiger partial charge in [-0.15, -0.1) is 11.3 Å². The van der Waals surface area contributed by atoms with Gasteiger partial charge in [0.1, 0.15) is 0 Å². The summed E-state index contributed by atoms with van der Waals surface area (Å²) in [5.41, 5.74) is 0. The second kappa shape index (κ2) is 6.79. The summed E-state index contributed by atoms with van der Waals surface area (Å²) >= 11 is 1.27. The second-order valence-corrected chi connectivity index (χ2v) is 6.49. The summed E-state index contributed by atoms with van der Waals surface area (Å²) in [6.45, 7) is 0. The van der Waals surface area contributed by atoms with Gasteiger partial charge in [-0.1, -0.05) is 19.3 Å². The molecule has 1 fully saturated rings. The van der Waals surface area contributed by atoms with Gasteiger partial charge in [-0.2, -0.15) is 0 Å². The van der Waals surface area contributed by atoms with Gasteiger partial charge in [0, 0.05) is 6.04 Å². The number of rotatable bonds is 4. The van der Waals surface area contributed by atoms with Crippen LogP contribution in [0.4, 0.5) is 5.00 Å². The Hall–Kier alpha value is -2.08. The highest BCUT2D eigenvalue weighted by molar-refractivity contribution is 7.18. The van der Waals surface area contributed by atoms with Gasteiger partial charge in [-0.25, -0.2) is 0 Å². The number of hydrogen-bond donors (Lipinski definition) is 2. The normalized spacial score (nSPS) is 15.5. The minimum Gasteiger partial charge on any atom is -0.459 e. The first kappa shape index (κ1) is 14.8. The van der Waals surface area contributed by atoms with Crippen molar-refractivity contribution in [3.8, 4) is 0 Å². The first-order valence-electron chi connectivity index (χ1n) is 7.48. The molecular weight excluding hydrogens is 300 g/mol. The number of carbonyl (C=O) groups excluding carboxylic acids is 2. The average molecular weight is 318 g/mol. The summed E-state index contributed by atoms with van der Waals surface area (Å²) in [7, 11) is 0. The van der Waals surface area contributed by atoms with Crippen molar-refractivity contribution in [2.45, 2.75) is 38.1 Å². The maximum absolute atomic E-state index is 12.2. The lowest BCUT2D eigenvalue weighted by atomic mass is 9.95. The average Bonchev–Trinajstić information content (AvgIpc) is 3.19. The third kappa shape index (κ3) is 3.57. The highest BCUT2D eigenvalue weighted by Gasteiger charge is 2.18. The molecule has 0 spiro atoms. The fourth-order valence-corrected chi connectivity index (χ4v) is 3.42. The predicted molar refractivity (Wildman–Crippen MR) is 85.3 cm³/mol. The summed E-state index contributed by atoms with van der Waals surface area (Å²) in [5, 5.41) is 6.43. The topological polar surface area (TPSA) is 71.3 Å². The van der Waals surface area contributed by atoms with Gasteiger partial charge < -0.3 is 15.1 Å². The zero-order valence-corrected chi connectivity index (χ0v) is 12.9. The molecule has 0 atom stereocenters. The van der Waals surface area contributed by atoms with Gasteiger partial charge in [0.2, 0.25) is 0 Å². The summed E-state index contributed by atoms with van der Waals surface area (Å²) < 4.78 is 5.04. The van der Waals surface area contributed by atoms with Gasteiger partial charge in [0.25, 0.3) is 11.8 Å². The van der Waals surface area contributed by atoms with Crippen molar-refractivity contribution in [3.63, 3.8) is 0 Å². The highest BCUT2D eigenvalue weighted by atomic mass is 32.1. The van der Waals surface area contributed by atoms with Crippen molar-refractivity contribution in [1.29, 1.82) is 0 Å². The van der Waals surface area contributed by atoms with Crippen LogP contribution in [0, 0.1) is 0 Å². The molecule has 3 rings (SSSR count). The lowest BCUT2D eigenvalue weighted by Crippen LogP contribution is -2.35. The first-order chi connectivity index (χ1) is 10.7. The number of hydrogen-bond acceptors (Lipinski definition) is 4. The molecule has 5 nitrogen and oxygen atoms in total. The molecule has 0 saturated heterocycles. The maximum Gasteiger partial charge on any atom is 0.291 e. The van der Waals surface area contributed by atoms with Gasteiger partial charge in [0.05, 0.1) is 16.1 Å². The smallest absolute Gasteiger partial charge is 0.291 e. The van der Waals surface area contributed by atoms with Crippen molar-refractivity contribution in [2.75, 3.05) is 5.32 Å². The molecule has 2 N–H and O–H groups in total. The monoisotopic (exact) mass is 318 g/mol. The van der Waals surface area contributed by atoms with Crippen LogP contribution in [0.15, 0.2) is 34.9 Å². The molecule has 0 unspecified atom stereocenters. The van der Waals surface area contributed by atoms with Crippen LogP contribution in [0.1, 0.15) is 52.3 Å². The predicted octanol–water partition coefficient (Wildman–Crippen LogP) is 3.66. The van der Waals surface area contributed by atoms with Crippen LogP contribution < -0.4 is 10.6 Å². The van der Waals surface area contributed by atoms with Gasteiger partial charge >= 0.3 is 0 Å². The van der Waals surface area contributed by atoms with Crippen molar-refractivity contribution in [3.05, 3.63) is 41.2 Å². The number of carbonyl (C=O) groups is 2. The molecule has 1 aliphatic carbocycles. The molecule has 0 aliphatic heterocycles. The highest BCUT2D eigenvalue weighted by Crippen LogP contribution is 2.24. The van der Waals surface area contributed by atoms with E-state index in [1.165, 1.54) is 36.9 Å². The maximum atomic E-state index is 12.2. The Bertz CT molecular complexity index is 642. The van der Waals surface area contributed by atoms with E-state index in [2.05, 4.69) is 10.6 Å². The Balaban J connectivity index is 1.58. The van der Waals surface area contributed by atoms with Crippen LogP contribution in [0.2, 0.25) is 0 Å². The number of nitrogens with one attached hydrogen (secondary N) is 2. The van der Waals surface area contributed by atoms with Crippen LogP contribution in [0.3, 0.4) is 0 Å². The molecule has 0 bridgehead atoms. The van der Waals surface area contributed by atoms with E-state index in [9.17, 15) is 9.59 Å². The number of thiophene rings is 1. The quantitative estimate of drug-likeness (QED) is 0.904. The lowest BCUT2D eigenvalue weighted by Gasteiger charge is -2.22. The van der Waals surface area contributed by atoms with Crippen LogP contribution in [0.25, 0.3) is 0 Å². The minimum atomic E-state index is -0.314. The number of furan rings is 1. The van der Waals surface area contributed by atoms with E-state index in [1.54, 1.807) is 24.3 Å². The molecule has 1 saturated carbocycles. The van der Waals surface area contributed by atoms with Gasteiger partial charge in [-0.05, 0) is 37.1 Å². The number of amides is 2. The van der Waals surface area contributed by atoms with Crippen LogP contribution in [-0.2, 0) is 0 Å². The molecule has 2 aromatic heterocycles. The fourth-order valence-electron chi connectivity index (χ4n) is 2.61. The van der Waals surface area contributed by atoms with Crippen molar-refractivity contribution >= 4 is 28.2 Å². The van der Waals surface area contributed by atoms with E-state index in [-0.39, 0.29) is 23.6 Å². The second-order valence-electron chi connectivity index (χ2n) is 5.40. The largest absolute Gasteiger partial charge is 0.459 e. The molecule has 2 heterocycles. The fraction of sp³-hybridized carbons (Fsp3) is 0.375. The molecule has 22 heavy (non-hydrogen) atoms. The summed E-state index contributed by atoms with van der Waals surface area (Å²) in [4.78, 5) is 24.7. The summed E-state index contributed by atoms with van der Waals surface area (Å²) in [6, 6.07) is 7.01. The van der Waals surface area contributed by atoms with E-state index in [0.717, 1.165) is 12.8 Å². The third-order valence-corrected chi connectivity index (χ3v) is 4.75. The van der Waals surface area contributed by atoms with E-state index in [4.69, 9.17) is 4.42 Å². The van der Waals surface area contributed by atoms with Crippen molar-refractivity contribution in [2.24, 2.45) is 0 Å². The van der Waals surface area contributed by atoms with Crippen LogP contribution >= 0.6 is 11.3 Å². The Morgan fingerprint density at radius 3 is 2.64 bits per heavy atom. The van der Waals surface area contributed by atoms with E-state index >= 15 is 0 Å². The van der Waals surface area contributed by atoms with Crippen LogP contribution in [0.5, 0.6) is 0 Å². The Morgan fingerprint density at radius 2 is 1.91 bits per heavy atom. The van der Waals surface area contributed by atoms with Gasteiger partial charge in [-0.3, -0.25) is 9.59 Å². The molecule has 2 aromatic rings. The SMILES string of the molecule is O=C(Nc1ccc(C(=O)NC2CCCCC2)s1)c1ccco1. The Labute approximate surface area is 132 Å². The standard InChI is InChI=1S/C16H18N2O3S/c19-15(12-7-4-10-21-12)18-14-9-8-13(22-14)16(20)17-11-5-2-1-3-6-11/h4,7-11H,1-3,5-6H2,(H,17,20)(H,18,19). The molecule has 0 radical (unpaired) electrons. The Morgan fingerprint density at radius 1 is 1.09 bits per heavy atom. The molecule has 2 amide bonds. The van der Waals surface area contributed by atoms with Crippen molar-refractivity contribution < 1.29 is 14.0 Å². The van der Waals surface area contributed by atoms with Crippen molar-refractivity contribution in [1.82, 2.24) is 5.32 Å². The summed E-state index contributed by atoms with van der Waals surface area (Å²) in [5.74, 6) is -0.122.